The van der Waals surface area contributed by atoms with Crippen molar-refractivity contribution >= 4 is 5.91 Å². The van der Waals surface area contributed by atoms with E-state index in [4.69, 9.17) is 16.9 Å². The van der Waals surface area contributed by atoms with E-state index in [1.807, 2.05) is 24.3 Å². The van der Waals surface area contributed by atoms with Gasteiger partial charge in [0.05, 0.1) is 13.2 Å². The number of amides is 1. The molecule has 3 N–H and O–H groups in total. The average molecular weight is 232 g/mol. The third-order valence-electron chi connectivity index (χ3n) is 2.28. The Bertz CT molecular complexity index is 424. The minimum Gasteiger partial charge on any atom is -0.497 e. The number of terminal acetylenes is 1. The molecule has 1 atom stereocenters. The Balaban J connectivity index is 2.50. The van der Waals surface area contributed by atoms with Crippen molar-refractivity contribution in [3.05, 3.63) is 29.8 Å². The van der Waals surface area contributed by atoms with E-state index in [1.54, 1.807) is 7.11 Å². The molecule has 1 aromatic rings. The van der Waals surface area contributed by atoms with Crippen molar-refractivity contribution in [2.45, 2.75) is 19.0 Å². The van der Waals surface area contributed by atoms with E-state index >= 15 is 0 Å². The highest BCUT2D eigenvalue weighted by atomic mass is 16.5. The number of methoxy groups -OCH3 is 1. The van der Waals surface area contributed by atoms with Crippen LogP contribution in [0.25, 0.3) is 0 Å². The van der Waals surface area contributed by atoms with Crippen molar-refractivity contribution in [2.24, 2.45) is 5.73 Å². The van der Waals surface area contributed by atoms with E-state index in [0.29, 0.717) is 6.54 Å². The highest BCUT2D eigenvalue weighted by Crippen LogP contribution is 2.12. The summed E-state index contributed by atoms with van der Waals surface area (Å²) in [7, 11) is 1.60. The standard InChI is InChI=1S/C13H16N2O2/c1-3-5-12(14)13(16)15-9-10-6-4-7-11(8-10)17-2/h1,4,6-8,12H,5,9,14H2,2H3,(H,15,16). The Hall–Kier alpha value is -1.99. The summed E-state index contributed by atoms with van der Waals surface area (Å²) in [6, 6.07) is 6.81. The second-order valence-corrected chi connectivity index (χ2v) is 3.58. The molecule has 0 saturated heterocycles. The molecule has 1 unspecified atom stereocenters. The van der Waals surface area contributed by atoms with Crippen LogP contribution in [0.15, 0.2) is 24.3 Å². The summed E-state index contributed by atoms with van der Waals surface area (Å²) in [6.07, 6.45) is 5.33. The van der Waals surface area contributed by atoms with E-state index < -0.39 is 6.04 Å². The summed E-state index contributed by atoms with van der Waals surface area (Å²) in [5.41, 5.74) is 6.52. The van der Waals surface area contributed by atoms with Crippen LogP contribution in [0.2, 0.25) is 0 Å². The lowest BCUT2D eigenvalue weighted by Gasteiger charge is -2.10. The van der Waals surface area contributed by atoms with E-state index in [2.05, 4.69) is 11.2 Å². The Kier molecular flexibility index (Phi) is 5.05. The Labute approximate surface area is 101 Å². The first-order valence-electron chi connectivity index (χ1n) is 5.27. The number of nitrogens with one attached hydrogen (secondary N) is 1. The molecular formula is C13H16N2O2. The van der Waals surface area contributed by atoms with Gasteiger partial charge in [-0.1, -0.05) is 12.1 Å². The first-order valence-corrected chi connectivity index (χ1v) is 5.27. The molecular weight excluding hydrogens is 216 g/mol. The zero-order valence-corrected chi connectivity index (χ0v) is 9.77. The lowest BCUT2D eigenvalue weighted by atomic mass is 10.2. The van der Waals surface area contributed by atoms with Gasteiger partial charge in [-0.2, -0.15) is 0 Å². The number of hydrogen-bond donors (Lipinski definition) is 2. The number of benzene rings is 1. The molecule has 0 heterocycles. The number of nitrogens with two attached hydrogens (primary N) is 1. The predicted octanol–water partition coefficient (Wildman–Crippen LogP) is 0.662. The minimum absolute atomic E-state index is 0.240. The molecule has 1 aromatic carbocycles. The maximum absolute atomic E-state index is 11.5. The summed E-state index contributed by atoms with van der Waals surface area (Å²) < 4.78 is 5.08. The second-order valence-electron chi connectivity index (χ2n) is 3.58. The molecule has 1 amide bonds. The SMILES string of the molecule is C#CCC(N)C(=O)NCc1cccc(OC)c1. The summed E-state index contributed by atoms with van der Waals surface area (Å²) in [6.45, 7) is 0.411. The van der Waals surface area contributed by atoms with Crippen molar-refractivity contribution in [2.75, 3.05) is 7.11 Å². The summed E-state index contributed by atoms with van der Waals surface area (Å²) in [4.78, 5) is 11.5. The zero-order valence-electron chi connectivity index (χ0n) is 9.77. The van der Waals surface area contributed by atoms with Gasteiger partial charge in [0, 0.05) is 13.0 Å². The topological polar surface area (TPSA) is 64.4 Å². The largest absolute Gasteiger partial charge is 0.497 e. The van der Waals surface area contributed by atoms with Crippen molar-refractivity contribution in [1.29, 1.82) is 0 Å². The third kappa shape index (κ3) is 4.17. The van der Waals surface area contributed by atoms with Gasteiger partial charge in [-0.15, -0.1) is 12.3 Å². The van der Waals surface area contributed by atoms with Crippen LogP contribution in [0.1, 0.15) is 12.0 Å². The molecule has 17 heavy (non-hydrogen) atoms. The molecule has 0 spiro atoms. The van der Waals surface area contributed by atoms with Crippen molar-refractivity contribution in [1.82, 2.24) is 5.32 Å². The van der Waals surface area contributed by atoms with E-state index in [9.17, 15) is 4.79 Å². The van der Waals surface area contributed by atoms with Crippen LogP contribution < -0.4 is 15.8 Å². The van der Waals surface area contributed by atoms with Crippen LogP contribution in [0.5, 0.6) is 5.75 Å². The number of hydrogen-bond acceptors (Lipinski definition) is 3. The first kappa shape index (κ1) is 13.1. The van der Waals surface area contributed by atoms with Crippen molar-refractivity contribution in [3.8, 4) is 18.1 Å². The number of ether oxygens (including phenoxy) is 1. The maximum Gasteiger partial charge on any atom is 0.238 e. The molecule has 0 radical (unpaired) electrons. The van der Waals surface area contributed by atoms with Gasteiger partial charge in [0.1, 0.15) is 5.75 Å². The fourth-order valence-corrected chi connectivity index (χ4v) is 1.32. The Morgan fingerprint density at radius 3 is 3.06 bits per heavy atom. The monoisotopic (exact) mass is 232 g/mol. The normalized spacial score (nSPS) is 11.4. The van der Waals surface area contributed by atoms with Crippen LogP contribution in [0, 0.1) is 12.3 Å². The number of rotatable bonds is 5. The number of carbonyl (C=O) groups excluding carboxylic acids is 1. The van der Waals surface area contributed by atoms with Crippen LogP contribution in [0.3, 0.4) is 0 Å². The quantitative estimate of drug-likeness (QED) is 0.733. The smallest absolute Gasteiger partial charge is 0.238 e. The van der Waals surface area contributed by atoms with Gasteiger partial charge in [-0.05, 0) is 17.7 Å². The first-order chi connectivity index (χ1) is 8.17. The third-order valence-corrected chi connectivity index (χ3v) is 2.28. The molecule has 0 fully saturated rings. The zero-order chi connectivity index (χ0) is 12.7. The van der Waals surface area contributed by atoms with E-state index in [0.717, 1.165) is 11.3 Å². The summed E-state index contributed by atoms with van der Waals surface area (Å²) in [5, 5.41) is 2.72. The van der Waals surface area contributed by atoms with Crippen molar-refractivity contribution in [3.63, 3.8) is 0 Å². The van der Waals surface area contributed by atoms with E-state index in [1.165, 1.54) is 0 Å². The van der Waals surface area contributed by atoms with Gasteiger partial charge in [0.15, 0.2) is 0 Å². The fourth-order valence-electron chi connectivity index (χ4n) is 1.32. The molecule has 0 aliphatic rings. The van der Waals surface area contributed by atoms with Crippen LogP contribution >= 0.6 is 0 Å². The van der Waals surface area contributed by atoms with Gasteiger partial charge in [-0.25, -0.2) is 0 Å². The molecule has 0 saturated carbocycles. The lowest BCUT2D eigenvalue weighted by Crippen LogP contribution is -2.39. The fraction of sp³-hybridized carbons (Fsp3) is 0.308. The highest BCUT2D eigenvalue weighted by molar-refractivity contribution is 5.81. The molecule has 1 rings (SSSR count). The average Bonchev–Trinajstić information content (AvgIpc) is 2.36. The predicted molar refractivity (Wildman–Crippen MR) is 66.3 cm³/mol. The van der Waals surface area contributed by atoms with Crippen LogP contribution in [-0.2, 0) is 11.3 Å². The van der Waals surface area contributed by atoms with Gasteiger partial charge in [0.2, 0.25) is 5.91 Å². The van der Waals surface area contributed by atoms with Crippen molar-refractivity contribution < 1.29 is 9.53 Å². The van der Waals surface area contributed by atoms with Crippen LogP contribution in [-0.4, -0.2) is 19.1 Å². The molecule has 0 bridgehead atoms. The summed E-state index contributed by atoms with van der Waals surface area (Å²) in [5.74, 6) is 2.87. The molecule has 0 aromatic heterocycles. The highest BCUT2D eigenvalue weighted by Gasteiger charge is 2.11. The minimum atomic E-state index is -0.648. The molecule has 4 nitrogen and oxygen atoms in total. The molecule has 0 aliphatic heterocycles. The molecule has 90 valence electrons. The Morgan fingerprint density at radius 2 is 2.41 bits per heavy atom. The maximum atomic E-state index is 11.5. The van der Waals surface area contributed by atoms with Crippen LogP contribution in [0.4, 0.5) is 0 Å². The van der Waals surface area contributed by atoms with Gasteiger partial charge in [-0.3, -0.25) is 4.79 Å². The van der Waals surface area contributed by atoms with E-state index in [-0.39, 0.29) is 12.3 Å². The summed E-state index contributed by atoms with van der Waals surface area (Å²) >= 11 is 0. The van der Waals surface area contributed by atoms with Gasteiger partial charge >= 0.3 is 0 Å². The van der Waals surface area contributed by atoms with Gasteiger partial charge in [0.25, 0.3) is 0 Å². The Morgan fingerprint density at radius 1 is 1.65 bits per heavy atom. The lowest BCUT2D eigenvalue weighted by molar-refractivity contribution is -0.122. The molecule has 4 heteroatoms. The second kappa shape index (κ2) is 6.56. The van der Waals surface area contributed by atoms with Gasteiger partial charge < -0.3 is 15.8 Å². The number of carbonyl (C=O) groups is 1. The molecule has 0 aliphatic carbocycles.